The number of anilines is 2. The van der Waals surface area contributed by atoms with E-state index in [4.69, 9.17) is 0 Å². The van der Waals surface area contributed by atoms with Gasteiger partial charge in [0.05, 0.1) is 23.7 Å². The Balaban J connectivity index is 1.71. The lowest BCUT2D eigenvalue weighted by Gasteiger charge is -2.05. The Morgan fingerprint density at radius 2 is 2.16 bits per heavy atom. The van der Waals surface area contributed by atoms with Crippen molar-refractivity contribution in [2.75, 3.05) is 17.7 Å². The summed E-state index contributed by atoms with van der Waals surface area (Å²) in [6.45, 7) is 1.86. The van der Waals surface area contributed by atoms with Crippen LogP contribution in [0.4, 0.5) is 16.0 Å². The fraction of sp³-hybridized carbons (Fsp3) is 0.267. The Bertz CT molecular complexity index is 916. The number of rotatable bonds is 5. The van der Waals surface area contributed by atoms with E-state index in [1.807, 2.05) is 6.92 Å². The van der Waals surface area contributed by atoms with Crippen molar-refractivity contribution in [3.63, 3.8) is 0 Å². The number of aromatic nitrogens is 6. The minimum Gasteiger partial charge on any atom is -0.371 e. The molecule has 2 N–H and O–H groups in total. The fourth-order valence-electron chi connectivity index (χ4n) is 2.30. The van der Waals surface area contributed by atoms with Crippen molar-refractivity contribution < 1.29 is 9.18 Å². The van der Waals surface area contributed by atoms with Crippen LogP contribution in [-0.4, -0.2) is 42.5 Å². The van der Waals surface area contributed by atoms with Crippen LogP contribution in [0.25, 0.3) is 11.4 Å². The number of carbonyl (C=O) groups is 1. The molecule has 3 heterocycles. The number of hydrogen-bond donors (Lipinski definition) is 2. The van der Waals surface area contributed by atoms with Crippen LogP contribution in [0, 0.1) is 12.7 Å². The predicted octanol–water partition coefficient (Wildman–Crippen LogP) is 1.20. The number of aryl methyl sites for hydroxylation is 2. The van der Waals surface area contributed by atoms with Gasteiger partial charge in [0.25, 0.3) is 0 Å². The molecule has 0 spiro atoms. The normalized spacial score (nSPS) is 10.7. The molecule has 0 unspecified atom stereocenters. The summed E-state index contributed by atoms with van der Waals surface area (Å²) < 4.78 is 16.5. The fourth-order valence-corrected chi connectivity index (χ4v) is 2.30. The lowest BCUT2D eigenvalue weighted by Crippen LogP contribution is -2.20. The summed E-state index contributed by atoms with van der Waals surface area (Å²) >= 11 is 0. The maximum atomic E-state index is 13.4. The van der Waals surface area contributed by atoms with Crippen LogP contribution < -0.4 is 10.6 Å². The van der Waals surface area contributed by atoms with Crippen molar-refractivity contribution in [3.8, 4) is 11.4 Å². The zero-order chi connectivity index (χ0) is 18.0. The zero-order valence-corrected chi connectivity index (χ0v) is 14.0. The molecule has 3 aromatic rings. The second kappa shape index (κ2) is 6.67. The van der Waals surface area contributed by atoms with E-state index in [0.29, 0.717) is 17.2 Å². The molecule has 0 aliphatic heterocycles. The van der Waals surface area contributed by atoms with Crippen molar-refractivity contribution in [1.29, 1.82) is 0 Å². The van der Waals surface area contributed by atoms with Gasteiger partial charge in [-0.1, -0.05) is 0 Å². The molecular weight excluding hydrogens is 327 g/mol. The van der Waals surface area contributed by atoms with Gasteiger partial charge in [-0.05, 0) is 6.92 Å². The van der Waals surface area contributed by atoms with Crippen molar-refractivity contribution in [2.24, 2.45) is 7.05 Å². The summed E-state index contributed by atoms with van der Waals surface area (Å²) in [7, 11) is 3.32. The molecule has 130 valence electrons. The second-order valence-electron chi connectivity index (χ2n) is 5.41. The molecule has 0 aliphatic rings. The Kier molecular flexibility index (Phi) is 4.42. The van der Waals surface area contributed by atoms with Gasteiger partial charge in [0, 0.05) is 26.4 Å². The van der Waals surface area contributed by atoms with Gasteiger partial charge in [0.15, 0.2) is 17.5 Å². The van der Waals surface area contributed by atoms with E-state index >= 15 is 0 Å². The molecule has 0 aliphatic carbocycles. The largest absolute Gasteiger partial charge is 0.371 e. The van der Waals surface area contributed by atoms with Gasteiger partial charge in [-0.15, -0.1) is 0 Å². The highest BCUT2D eigenvalue weighted by atomic mass is 19.1. The highest BCUT2D eigenvalue weighted by Gasteiger charge is 2.12. The maximum Gasteiger partial charge on any atom is 0.247 e. The Morgan fingerprint density at radius 1 is 1.36 bits per heavy atom. The monoisotopic (exact) mass is 344 g/mol. The predicted molar refractivity (Wildman–Crippen MR) is 89.3 cm³/mol. The van der Waals surface area contributed by atoms with E-state index in [-0.39, 0.29) is 18.3 Å². The van der Waals surface area contributed by atoms with Crippen molar-refractivity contribution >= 4 is 17.5 Å². The van der Waals surface area contributed by atoms with Gasteiger partial charge in [0.2, 0.25) is 5.91 Å². The third kappa shape index (κ3) is 3.62. The van der Waals surface area contributed by atoms with E-state index in [0.717, 1.165) is 11.9 Å². The van der Waals surface area contributed by atoms with Crippen molar-refractivity contribution in [2.45, 2.75) is 13.5 Å². The molecule has 0 radical (unpaired) electrons. The van der Waals surface area contributed by atoms with E-state index in [1.165, 1.54) is 10.9 Å². The SMILES string of the molecule is CNc1nc(-c2cnn(CC(=O)Nc3cc(C)nn3C)c2)ncc1F. The first-order valence-electron chi connectivity index (χ1n) is 7.50. The summed E-state index contributed by atoms with van der Waals surface area (Å²) in [5, 5.41) is 13.7. The molecule has 3 aromatic heterocycles. The highest BCUT2D eigenvalue weighted by Crippen LogP contribution is 2.17. The van der Waals surface area contributed by atoms with Gasteiger partial charge in [-0.2, -0.15) is 10.2 Å². The molecule has 9 nitrogen and oxygen atoms in total. The molecule has 3 rings (SSSR count). The summed E-state index contributed by atoms with van der Waals surface area (Å²) in [6, 6.07) is 1.78. The minimum absolute atomic E-state index is 0.0182. The Labute approximate surface area is 142 Å². The zero-order valence-electron chi connectivity index (χ0n) is 14.0. The van der Waals surface area contributed by atoms with Crippen LogP contribution in [0.15, 0.2) is 24.7 Å². The van der Waals surface area contributed by atoms with E-state index in [9.17, 15) is 9.18 Å². The van der Waals surface area contributed by atoms with Crippen LogP contribution in [0.1, 0.15) is 5.69 Å². The number of amides is 1. The highest BCUT2D eigenvalue weighted by molar-refractivity contribution is 5.89. The van der Waals surface area contributed by atoms with Crippen LogP contribution in [0.3, 0.4) is 0 Å². The molecule has 0 fully saturated rings. The molecule has 25 heavy (non-hydrogen) atoms. The van der Waals surface area contributed by atoms with Crippen molar-refractivity contribution in [1.82, 2.24) is 29.5 Å². The average molecular weight is 344 g/mol. The molecule has 0 bridgehead atoms. The second-order valence-corrected chi connectivity index (χ2v) is 5.41. The van der Waals surface area contributed by atoms with E-state index in [1.54, 1.807) is 31.0 Å². The first-order valence-corrected chi connectivity index (χ1v) is 7.50. The van der Waals surface area contributed by atoms with Gasteiger partial charge in [0.1, 0.15) is 12.4 Å². The summed E-state index contributed by atoms with van der Waals surface area (Å²) in [5.41, 5.74) is 1.40. The van der Waals surface area contributed by atoms with E-state index in [2.05, 4.69) is 30.8 Å². The van der Waals surface area contributed by atoms with E-state index < -0.39 is 5.82 Å². The summed E-state index contributed by atoms with van der Waals surface area (Å²) in [6.07, 6.45) is 4.23. The maximum absolute atomic E-state index is 13.4. The molecule has 1 amide bonds. The van der Waals surface area contributed by atoms with Crippen LogP contribution in [0.2, 0.25) is 0 Å². The Hall–Kier alpha value is -3.30. The lowest BCUT2D eigenvalue weighted by molar-refractivity contribution is -0.116. The Morgan fingerprint density at radius 3 is 2.84 bits per heavy atom. The standard InChI is InChI=1S/C15H17FN8O/c1-9-4-12(23(3)22-9)20-13(25)8-24-7-10(5-19-24)14-18-6-11(16)15(17-2)21-14/h4-7H,8H2,1-3H3,(H,20,25)(H,17,18,21). The molecule has 0 aromatic carbocycles. The van der Waals surface area contributed by atoms with Crippen LogP contribution in [0.5, 0.6) is 0 Å². The minimum atomic E-state index is -0.538. The van der Waals surface area contributed by atoms with Gasteiger partial charge in [-0.25, -0.2) is 14.4 Å². The first kappa shape index (κ1) is 16.6. The number of halogens is 1. The molecule has 0 atom stereocenters. The molecular formula is C15H17FN8O. The molecule has 0 saturated carbocycles. The lowest BCUT2D eigenvalue weighted by atomic mass is 10.3. The smallest absolute Gasteiger partial charge is 0.247 e. The van der Waals surface area contributed by atoms with Crippen LogP contribution in [-0.2, 0) is 18.4 Å². The summed E-state index contributed by atoms with van der Waals surface area (Å²) in [5.74, 6) is 0.246. The molecule has 10 heteroatoms. The number of hydrogen-bond acceptors (Lipinski definition) is 6. The quantitative estimate of drug-likeness (QED) is 0.721. The average Bonchev–Trinajstić information content (AvgIpc) is 3.14. The number of nitrogens with one attached hydrogen (secondary N) is 2. The number of nitrogens with zero attached hydrogens (tertiary/aromatic N) is 6. The van der Waals surface area contributed by atoms with Gasteiger partial charge < -0.3 is 10.6 Å². The van der Waals surface area contributed by atoms with Gasteiger partial charge >= 0.3 is 0 Å². The first-order chi connectivity index (χ1) is 12.0. The summed E-state index contributed by atoms with van der Waals surface area (Å²) in [4.78, 5) is 20.1. The van der Waals surface area contributed by atoms with Gasteiger partial charge in [-0.3, -0.25) is 14.2 Å². The third-order valence-corrected chi connectivity index (χ3v) is 3.45. The van der Waals surface area contributed by atoms with Crippen LogP contribution >= 0.6 is 0 Å². The number of carbonyl (C=O) groups excluding carboxylic acids is 1. The third-order valence-electron chi connectivity index (χ3n) is 3.45. The topological polar surface area (TPSA) is 103 Å². The van der Waals surface area contributed by atoms with Crippen molar-refractivity contribution in [3.05, 3.63) is 36.2 Å². The molecule has 0 saturated heterocycles.